The van der Waals surface area contributed by atoms with Crippen LogP contribution in [0.3, 0.4) is 0 Å². The first-order valence-corrected chi connectivity index (χ1v) is 29.3. The summed E-state index contributed by atoms with van der Waals surface area (Å²) in [6, 6.07) is 23.5. The molecular formula is C61H96N10O3S. The van der Waals surface area contributed by atoms with Crippen molar-refractivity contribution >= 4 is 74.1 Å². The van der Waals surface area contributed by atoms with Crippen LogP contribution in [0.4, 0.5) is 44.8 Å². The SMILES string of the molecule is CC(=O)Nc1cccc(N)c1.CCCCCCCCN(CCCCCCCC)c1ccc(N=Nc2snc(C)c2C#N)c(NC(C)=O)c1.CCCCCCCCN(CCCCCCCC)c1cccc(NC(C)=O)c1. The van der Waals surface area contributed by atoms with Crippen molar-refractivity contribution in [1.29, 1.82) is 5.26 Å². The lowest BCUT2D eigenvalue weighted by Crippen LogP contribution is -2.26. The normalized spacial score (nSPS) is 10.7. The van der Waals surface area contributed by atoms with Gasteiger partial charge in [-0.2, -0.15) is 9.64 Å². The number of aromatic nitrogens is 1. The molecule has 0 unspecified atom stereocenters. The van der Waals surface area contributed by atoms with Crippen LogP contribution < -0.4 is 31.5 Å². The van der Waals surface area contributed by atoms with E-state index >= 15 is 0 Å². The van der Waals surface area contributed by atoms with E-state index < -0.39 is 0 Å². The number of rotatable bonds is 35. The molecule has 0 bridgehead atoms. The van der Waals surface area contributed by atoms with Crippen LogP contribution in [0.5, 0.6) is 0 Å². The molecule has 4 aromatic rings. The van der Waals surface area contributed by atoms with Crippen LogP contribution in [0.2, 0.25) is 0 Å². The molecule has 4 rings (SSSR count). The van der Waals surface area contributed by atoms with Crippen molar-refractivity contribution in [2.24, 2.45) is 10.2 Å². The highest BCUT2D eigenvalue weighted by molar-refractivity contribution is 7.10. The summed E-state index contributed by atoms with van der Waals surface area (Å²) in [5.41, 5.74) is 12.4. The molecule has 0 spiro atoms. The minimum Gasteiger partial charge on any atom is -0.399 e. The lowest BCUT2D eigenvalue weighted by Gasteiger charge is -2.26. The van der Waals surface area contributed by atoms with Crippen molar-refractivity contribution in [1.82, 2.24) is 4.37 Å². The summed E-state index contributed by atoms with van der Waals surface area (Å²) in [5.74, 6) is -0.250. The van der Waals surface area contributed by atoms with Crippen molar-refractivity contribution < 1.29 is 14.4 Å². The number of azo groups is 1. The van der Waals surface area contributed by atoms with E-state index in [2.05, 4.69) is 98.4 Å². The zero-order valence-corrected chi connectivity index (χ0v) is 48.4. The summed E-state index contributed by atoms with van der Waals surface area (Å²) in [7, 11) is 0. The molecule has 1 aromatic heterocycles. The summed E-state index contributed by atoms with van der Waals surface area (Å²) in [6.45, 7) is 19.6. The molecule has 0 radical (unpaired) electrons. The Morgan fingerprint density at radius 3 is 1.39 bits per heavy atom. The fraction of sp³-hybridized carbons (Fsp3) is 0.590. The maximum absolute atomic E-state index is 12.0. The Morgan fingerprint density at radius 1 is 0.547 bits per heavy atom. The monoisotopic (exact) mass is 1050 g/mol. The van der Waals surface area contributed by atoms with Gasteiger partial charge in [0.05, 0.1) is 11.4 Å². The first-order valence-electron chi connectivity index (χ1n) is 28.6. The summed E-state index contributed by atoms with van der Waals surface area (Å²) in [5, 5.41) is 27.0. The van der Waals surface area contributed by atoms with Gasteiger partial charge in [0, 0.05) is 75.4 Å². The molecule has 0 saturated carbocycles. The number of aryl methyl sites for hydroxylation is 1. The minimum atomic E-state index is -0.154. The standard InChI is InChI=1S/C29H44N6OS.C24H42N2O.C8H10N2O/c1-5-7-9-11-13-15-19-35(20-16-14-12-10-8-6-2)25-17-18-27(28(21-25)31-24(4)36)32-33-29-26(22-30)23(3)34-37-29;1-4-6-8-10-12-14-19-26(20-15-13-11-9-7-5-2)24-18-16-17-23(21-24)25-22(3)27;1-6(11)10-8-4-2-3-7(9)5-8/h17-18,21H,5-16,19-20H2,1-4H3,(H,31,36);16-18,21H,4-15,19-20H2,1-3H3,(H,25,27);2-5H,9H2,1H3,(H,10,11). The molecule has 3 amide bonds. The molecule has 75 heavy (non-hydrogen) atoms. The van der Waals surface area contributed by atoms with Crippen molar-refractivity contribution in [3.05, 3.63) is 78.0 Å². The molecule has 13 nitrogen and oxygen atoms in total. The van der Waals surface area contributed by atoms with Crippen molar-refractivity contribution in [3.63, 3.8) is 0 Å². The van der Waals surface area contributed by atoms with E-state index in [4.69, 9.17) is 5.73 Å². The molecule has 1 heterocycles. The van der Waals surface area contributed by atoms with Gasteiger partial charge in [0.15, 0.2) is 5.00 Å². The fourth-order valence-electron chi connectivity index (χ4n) is 8.63. The number of nitriles is 1. The highest BCUT2D eigenvalue weighted by Gasteiger charge is 2.14. The summed E-state index contributed by atoms with van der Waals surface area (Å²) < 4.78 is 4.20. The van der Waals surface area contributed by atoms with Gasteiger partial charge in [0.2, 0.25) is 17.7 Å². The van der Waals surface area contributed by atoms with Gasteiger partial charge in [0.25, 0.3) is 0 Å². The van der Waals surface area contributed by atoms with Gasteiger partial charge in [-0.05, 0) is 98.7 Å². The number of hydrogen-bond donors (Lipinski definition) is 4. The molecule has 3 aromatic carbocycles. The number of anilines is 6. The molecule has 0 saturated heterocycles. The predicted molar refractivity (Wildman–Crippen MR) is 320 cm³/mol. The number of carbonyl (C=O) groups is 3. The minimum absolute atomic E-state index is 0.00875. The maximum Gasteiger partial charge on any atom is 0.221 e. The molecule has 0 aliphatic rings. The molecule has 0 aliphatic heterocycles. The van der Waals surface area contributed by atoms with Crippen molar-refractivity contribution in [3.8, 4) is 6.07 Å². The van der Waals surface area contributed by atoms with E-state index in [0.29, 0.717) is 33.3 Å². The second-order valence-electron chi connectivity index (χ2n) is 19.7. The number of nitrogen functional groups attached to an aromatic ring is 1. The van der Waals surface area contributed by atoms with E-state index in [1.807, 2.05) is 18.2 Å². The van der Waals surface area contributed by atoms with Crippen LogP contribution in [0, 0.1) is 18.3 Å². The third-order valence-electron chi connectivity index (χ3n) is 12.7. The Balaban J connectivity index is 0.000000439. The van der Waals surface area contributed by atoms with Gasteiger partial charge in [-0.15, -0.1) is 10.2 Å². The Bertz CT molecular complexity index is 2220. The lowest BCUT2D eigenvalue weighted by molar-refractivity contribution is -0.115. The molecular weight excluding hydrogens is 953 g/mol. The fourth-order valence-corrected chi connectivity index (χ4v) is 9.30. The molecule has 0 fully saturated rings. The van der Waals surface area contributed by atoms with Crippen molar-refractivity contribution in [2.75, 3.05) is 57.7 Å². The number of nitrogens with two attached hydrogens (primary N) is 1. The smallest absolute Gasteiger partial charge is 0.221 e. The van der Waals surface area contributed by atoms with E-state index in [1.165, 1.54) is 161 Å². The quantitative estimate of drug-likeness (QED) is 0.0199. The molecule has 5 N–H and O–H groups in total. The zero-order chi connectivity index (χ0) is 54.9. The van der Waals surface area contributed by atoms with E-state index in [0.717, 1.165) is 67.6 Å². The average molecular weight is 1050 g/mol. The first-order chi connectivity index (χ1) is 36.3. The highest BCUT2D eigenvalue weighted by Crippen LogP contribution is 2.34. The summed E-state index contributed by atoms with van der Waals surface area (Å²) in [6.07, 6.45) is 31.1. The first kappa shape index (κ1) is 65.3. The van der Waals surface area contributed by atoms with Crippen LogP contribution in [0.25, 0.3) is 0 Å². The molecule has 0 atom stereocenters. The number of amides is 3. The Morgan fingerprint density at radius 2 is 0.960 bits per heavy atom. The largest absolute Gasteiger partial charge is 0.399 e. The third-order valence-corrected chi connectivity index (χ3v) is 13.5. The van der Waals surface area contributed by atoms with Crippen LogP contribution in [-0.4, -0.2) is 48.3 Å². The Hall–Kier alpha value is -5.81. The van der Waals surface area contributed by atoms with E-state index in [9.17, 15) is 19.6 Å². The van der Waals surface area contributed by atoms with Gasteiger partial charge < -0.3 is 31.5 Å². The van der Waals surface area contributed by atoms with Crippen LogP contribution in [-0.2, 0) is 14.4 Å². The van der Waals surface area contributed by atoms with Crippen LogP contribution in [0.1, 0.15) is 214 Å². The Labute approximate surface area is 457 Å². The number of nitrogens with zero attached hydrogens (tertiary/aromatic N) is 6. The lowest BCUT2D eigenvalue weighted by atomic mass is 10.1. The number of carbonyl (C=O) groups excluding carboxylic acids is 3. The molecule has 0 aliphatic carbocycles. The number of benzene rings is 3. The Kier molecular flexibility index (Phi) is 36.1. The van der Waals surface area contributed by atoms with Crippen LogP contribution >= 0.6 is 11.5 Å². The number of nitrogens with one attached hydrogen (secondary N) is 3. The predicted octanol–water partition coefficient (Wildman–Crippen LogP) is 17.6. The second-order valence-corrected chi connectivity index (χ2v) is 20.5. The van der Waals surface area contributed by atoms with Gasteiger partial charge >= 0.3 is 0 Å². The average Bonchev–Trinajstić information content (AvgIpc) is 3.74. The topological polar surface area (TPSA) is 181 Å². The molecule has 14 heteroatoms. The van der Waals surface area contributed by atoms with Gasteiger partial charge in [0.1, 0.15) is 17.3 Å². The summed E-state index contributed by atoms with van der Waals surface area (Å²) >= 11 is 1.15. The maximum atomic E-state index is 12.0. The third kappa shape index (κ3) is 30.4. The van der Waals surface area contributed by atoms with Gasteiger partial charge in [-0.3, -0.25) is 14.4 Å². The van der Waals surface area contributed by atoms with Crippen molar-refractivity contribution in [2.45, 2.75) is 209 Å². The van der Waals surface area contributed by atoms with Crippen LogP contribution in [0.15, 0.2) is 77.0 Å². The second kappa shape index (κ2) is 41.4. The number of unbranched alkanes of at least 4 members (excludes halogenated alkanes) is 20. The van der Waals surface area contributed by atoms with Gasteiger partial charge in [-0.25, -0.2) is 0 Å². The van der Waals surface area contributed by atoms with E-state index in [1.54, 1.807) is 38.1 Å². The zero-order valence-electron chi connectivity index (χ0n) is 47.5. The molecule has 414 valence electrons. The van der Waals surface area contributed by atoms with E-state index in [-0.39, 0.29) is 17.7 Å². The number of hydrogen-bond acceptors (Lipinski definition) is 11. The summed E-state index contributed by atoms with van der Waals surface area (Å²) in [4.78, 5) is 38.9. The van der Waals surface area contributed by atoms with Gasteiger partial charge in [-0.1, -0.05) is 168 Å². The highest BCUT2D eigenvalue weighted by atomic mass is 32.1.